The van der Waals surface area contributed by atoms with Gasteiger partial charge in [0.25, 0.3) is 5.91 Å². The topological polar surface area (TPSA) is 63.1 Å². The molecule has 1 aromatic rings. The van der Waals surface area contributed by atoms with Crippen molar-refractivity contribution in [1.82, 2.24) is 25.2 Å². The van der Waals surface area contributed by atoms with Crippen LogP contribution in [0, 0.1) is 0 Å². The van der Waals surface area contributed by atoms with E-state index >= 15 is 0 Å². The molecule has 1 amide bonds. The van der Waals surface area contributed by atoms with Crippen LogP contribution in [-0.4, -0.2) is 62.5 Å². The van der Waals surface area contributed by atoms with Gasteiger partial charge in [-0.2, -0.15) is 11.8 Å². The number of hydrogen-bond acceptors (Lipinski definition) is 5. The molecule has 3 fully saturated rings. The fraction of sp³-hybridized carbons (Fsp3) is 0.812. The van der Waals surface area contributed by atoms with Crippen molar-refractivity contribution >= 4 is 30.1 Å². The summed E-state index contributed by atoms with van der Waals surface area (Å²) in [5.41, 5.74) is 0.528. The molecule has 1 aromatic heterocycles. The number of fused-ring (bicyclic) bond motifs is 1. The van der Waals surface area contributed by atoms with E-state index in [1.165, 1.54) is 19.3 Å². The molecule has 24 heavy (non-hydrogen) atoms. The largest absolute Gasteiger partial charge is 0.332 e. The number of carbonyl (C=O) groups excluding carboxylic acids is 1. The van der Waals surface area contributed by atoms with Crippen LogP contribution in [-0.2, 0) is 0 Å². The molecule has 2 atom stereocenters. The van der Waals surface area contributed by atoms with E-state index in [9.17, 15) is 4.79 Å². The van der Waals surface area contributed by atoms with Crippen molar-refractivity contribution in [3.8, 4) is 0 Å². The Morgan fingerprint density at radius 3 is 2.83 bits per heavy atom. The van der Waals surface area contributed by atoms with Crippen molar-refractivity contribution in [3.63, 3.8) is 0 Å². The quantitative estimate of drug-likeness (QED) is 0.862. The van der Waals surface area contributed by atoms with Crippen molar-refractivity contribution in [1.29, 1.82) is 0 Å². The predicted octanol–water partition coefficient (Wildman–Crippen LogP) is 2.12. The Bertz CT molecular complexity index is 560. The van der Waals surface area contributed by atoms with Gasteiger partial charge in [-0.15, -0.1) is 17.5 Å². The number of amides is 1. The molecule has 6 nitrogen and oxygen atoms in total. The summed E-state index contributed by atoms with van der Waals surface area (Å²) in [5, 5.41) is 12.4. The lowest BCUT2D eigenvalue weighted by atomic mass is 9.93. The van der Waals surface area contributed by atoms with Crippen molar-refractivity contribution in [2.45, 2.75) is 55.9 Å². The second-order valence-corrected chi connectivity index (χ2v) is 8.17. The van der Waals surface area contributed by atoms with Gasteiger partial charge in [0.2, 0.25) is 0 Å². The minimum Gasteiger partial charge on any atom is -0.332 e. The summed E-state index contributed by atoms with van der Waals surface area (Å²) >= 11 is 2.05. The number of thioether (sulfide) groups is 1. The zero-order valence-corrected chi connectivity index (χ0v) is 15.5. The first-order chi connectivity index (χ1) is 11.3. The Labute approximate surface area is 153 Å². The lowest BCUT2D eigenvalue weighted by Gasteiger charge is -2.43. The number of carbonyl (C=O) groups is 1. The highest BCUT2D eigenvalue weighted by Crippen LogP contribution is 2.36. The average molecular weight is 372 g/mol. The van der Waals surface area contributed by atoms with Crippen molar-refractivity contribution in [2.75, 3.05) is 25.4 Å². The molecule has 2 aliphatic heterocycles. The fourth-order valence-electron chi connectivity index (χ4n) is 4.12. The smallest absolute Gasteiger partial charge is 0.276 e. The zero-order valence-electron chi connectivity index (χ0n) is 13.9. The maximum absolute atomic E-state index is 12.9. The van der Waals surface area contributed by atoms with Crippen LogP contribution >= 0.6 is 24.2 Å². The summed E-state index contributed by atoms with van der Waals surface area (Å²) in [6, 6.07) is 0.781. The highest BCUT2D eigenvalue weighted by Gasteiger charge is 2.37. The second-order valence-electron chi connectivity index (χ2n) is 6.82. The predicted molar refractivity (Wildman–Crippen MR) is 97.9 cm³/mol. The summed E-state index contributed by atoms with van der Waals surface area (Å²) < 4.78 is 1.91. The second kappa shape index (κ2) is 8.06. The molecular weight excluding hydrogens is 346 g/mol. The SMILES string of the molecule is Cl.O=C(c1cn(C2CCNCC2)nn1)N1CCSC2CCCCC21. The Morgan fingerprint density at radius 2 is 2.00 bits per heavy atom. The van der Waals surface area contributed by atoms with Crippen molar-refractivity contribution in [2.24, 2.45) is 0 Å². The van der Waals surface area contributed by atoms with Gasteiger partial charge >= 0.3 is 0 Å². The maximum atomic E-state index is 12.9. The van der Waals surface area contributed by atoms with Gasteiger partial charge in [0.15, 0.2) is 5.69 Å². The van der Waals surface area contributed by atoms with E-state index < -0.39 is 0 Å². The van der Waals surface area contributed by atoms with Crippen LogP contribution in [0.4, 0.5) is 0 Å². The summed E-state index contributed by atoms with van der Waals surface area (Å²) in [4.78, 5) is 15.0. The molecule has 134 valence electrons. The summed E-state index contributed by atoms with van der Waals surface area (Å²) in [7, 11) is 0. The molecule has 1 saturated carbocycles. The van der Waals surface area contributed by atoms with Crippen LogP contribution < -0.4 is 5.32 Å². The van der Waals surface area contributed by atoms with Crippen molar-refractivity contribution in [3.05, 3.63) is 11.9 Å². The first-order valence-corrected chi connectivity index (χ1v) is 9.93. The number of piperidine rings is 1. The third-order valence-corrected chi connectivity index (χ3v) is 6.80. The monoisotopic (exact) mass is 371 g/mol. The van der Waals surface area contributed by atoms with Crippen LogP contribution in [0.3, 0.4) is 0 Å². The summed E-state index contributed by atoms with van der Waals surface area (Å²) in [5.74, 6) is 1.14. The van der Waals surface area contributed by atoms with E-state index in [0.717, 1.165) is 44.6 Å². The van der Waals surface area contributed by atoms with E-state index in [-0.39, 0.29) is 18.3 Å². The first-order valence-electron chi connectivity index (χ1n) is 8.88. The lowest BCUT2D eigenvalue weighted by Crippen LogP contribution is -2.51. The molecule has 4 rings (SSSR count). The molecule has 0 bridgehead atoms. The van der Waals surface area contributed by atoms with E-state index in [0.29, 0.717) is 23.0 Å². The Balaban J connectivity index is 0.00000169. The van der Waals surface area contributed by atoms with Crippen LogP contribution in [0.25, 0.3) is 0 Å². The molecule has 0 spiro atoms. The highest BCUT2D eigenvalue weighted by atomic mass is 35.5. The number of halogens is 1. The van der Waals surface area contributed by atoms with Gasteiger partial charge in [0.1, 0.15) is 0 Å². The van der Waals surface area contributed by atoms with Gasteiger partial charge in [-0.25, -0.2) is 4.68 Å². The number of hydrogen-bond donors (Lipinski definition) is 1. The third kappa shape index (κ3) is 3.58. The minimum absolute atomic E-state index is 0. The Hall–Kier alpha value is -0.790. The number of rotatable bonds is 2. The molecule has 3 aliphatic rings. The minimum atomic E-state index is 0. The molecule has 1 aliphatic carbocycles. The first kappa shape index (κ1) is 18.0. The van der Waals surface area contributed by atoms with Gasteiger partial charge in [0.05, 0.1) is 12.2 Å². The molecule has 3 heterocycles. The van der Waals surface area contributed by atoms with E-state index in [1.54, 1.807) is 0 Å². The third-order valence-electron chi connectivity index (χ3n) is 5.41. The molecule has 0 aromatic carbocycles. The van der Waals surface area contributed by atoms with E-state index in [2.05, 4.69) is 20.5 Å². The van der Waals surface area contributed by atoms with Crippen molar-refractivity contribution < 1.29 is 4.79 Å². The maximum Gasteiger partial charge on any atom is 0.276 e. The molecular formula is C16H26ClN5OS. The number of nitrogens with zero attached hydrogens (tertiary/aromatic N) is 4. The summed E-state index contributed by atoms with van der Waals surface area (Å²) in [6.07, 6.45) is 8.93. The van der Waals surface area contributed by atoms with Crippen LogP contribution in [0.5, 0.6) is 0 Å². The van der Waals surface area contributed by atoms with Gasteiger partial charge in [0, 0.05) is 23.6 Å². The van der Waals surface area contributed by atoms with E-state index in [1.807, 2.05) is 22.6 Å². The van der Waals surface area contributed by atoms with Gasteiger partial charge < -0.3 is 10.2 Å². The standard InChI is InChI=1S/C16H25N5OS.ClH/c22-16(20-9-10-23-15-4-2-1-3-14(15)20)13-11-21(19-18-13)12-5-7-17-8-6-12;/h11-12,14-15,17H,1-10H2;1H. The molecule has 1 N–H and O–H groups in total. The summed E-state index contributed by atoms with van der Waals surface area (Å²) in [6.45, 7) is 2.88. The van der Waals surface area contributed by atoms with Crippen LogP contribution in [0.15, 0.2) is 6.20 Å². The zero-order chi connectivity index (χ0) is 15.6. The molecule has 8 heteroatoms. The number of aromatic nitrogens is 3. The normalized spacial score (nSPS) is 28.1. The fourth-order valence-corrected chi connectivity index (χ4v) is 5.56. The lowest BCUT2D eigenvalue weighted by molar-refractivity contribution is 0.0640. The van der Waals surface area contributed by atoms with Gasteiger partial charge in [-0.05, 0) is 38.8 Å². The average Bonchev–Trinajstić information content (AvgIpc) is 3.11. The van der Waals surface area contributed by atoms with Gasteiger partial charge in [-0.3, -0.25) is 4.79 Å². The van der Waals surface area contributed by atoms with Crippen LogP contribution in [0.1, 0.15) is 55.1 Å². The molecule has 0 radical (unpaired) electrons. The Kier molecular flexibility index (Phi) is 6.05. The number of nitrogens with one attached hydrogen (secondary N) is 1. The molecule has 2 saturated heterocycles. The van der Waals surface area contributed by atoms with Gasteiger partial charge in [-0.1, -0.05) is 18.1 Å². The Morgan fingerprint density at radius 1 is 1.21 bits per heavy atom. The van der Waals surface area contributed by atoms with E-state index in [4.69, 9.17) is 0 Å². The molecule has 2 unspecified atom stereocenters. The van der Waals surface area contributed by atoms with Crippen LogP contribution in [0.2, 0.25) is 0 Å². The highest BCUT2D eigenvalue weighted by molar-refractivity contribution is 8.00.